The Labute approximate surface area is 83.4 Å². The van der Waals surface area contributed by atoms with Crippen molar-refractivity contribution in [2.75, 3.05) is 0 Å². The summed E-state index contributed by atoms with van der Waals surface area (Å²) in [5, 5.41) is 0. The number of pyridine rings is 1. The van der Waals surface area contributed by atoms with E-state index in [1.807, 2.05) is 36.5 Å². The van der Waals surface area contributed by atoms with E-state index in [9.17, 15) is 0 Å². The average molecular weight is 183 g/mol. The van der Waals surface area contributed by atoms with Gasteiger partial charge < -0.3 is 5.73 Å². The molecule has 0 amide bonds. The van der Waals surface area contributed by atoms with Gasteiger partial charge in [0.25, 0.3) is 0 Å². The second kappa shape index (κ2) is 4.03. The minimum absolute atomic E-state index is 0.547. The zero-order chi connectivity index (χ0) is 9.80. The van der Waals surface area contributed by atoms with E-state index in [-0.39, 0.29) is 0 Å². The van der Waals surface area contributed by atoms with Gasteiger partial charge in [0.1, 0.15) is 0 Å². The van der Waals surface area contributed by atoms with Crippen molar-refractivity contribution in [2.24, 2.45) is 5.73 Å². The third kappa shape index (κ3) is 1.65. The lowest BCUT2D eigenvalue weighted by Gasteiger charge is -2.06. The van der Waals surface area contributed by atoms with E-state index < -0.39 is 0 Å². The molecule has 1 aromatic heterocycles. The van der Waals surface area contributed by atoms with Crippen LogP contribution in [0.1, 0.15) is 5.56 Å². The molecule has 0 aliphatic carbocycles. The van der Waals surface area contributed by atoms with E-state index in [2.05, 4.69) is 11.1 Å². The Kier molecular flexibility index (Phi) is 2.56. The van der Waals surface area contributed by atoms with Gasteiger partial charge in [-0.25, -0.2) is 0 Å². The molecule has 0 aliphatic rings. The predicted molar refractivity (Wildman–Crippen MR) is 56.4 cm³/mol. The van der Waals surface area contributed by atoms with Gasteiger partial charge in [-0.3, -0.25) is 4.98 Å². The highest BCUT2D eigenvalue weighted by molar-refractivity contribution is 5.66. The van der Waals surface area contributed by atoms with E-state index in [1.54, 1.807) is 6.20 Å². The van der Waals surface area contributed by atoms with Gasteiger partial charge in [0, 0.05) is 30.6 Å². The maximum atomic E-state index is 5.66. The highest BCUT2D eigenvalue weighted by Crippen LogP contribution is 2.21. The van der Waals surface area contributed by atoms with Crippen LogP contribution in [-0.2, 0) is 6.54 Å². The van der Waals surface area contributed by atoms with Crippen molar-refractivity contribution in [3.63, 3.8) is 0 Å². The van der Waals surface area contributed by atoms with Crippen LogP contribution in [0.25, 0.3) is 11.1 Å². The molecule has 0 saturated heterocycles. The van der Waals surface area contributed by atoms with E-state index in [0.717, 1.165) is 16.7 Å². The Morgan fingerprint density at radius 2 is 2.14 bits per heavy atom. The van der Waals surface area contributed by atoms with Crippen LogP contribution in [0.3, 0.4) is 0 Å². The molecule has 0 atom stereocenters. The fourth-order valence-corrected chi connectivity index (χ4v) is 1.45. The number of rotatable bonds is 2. The molecule has 0 unspecified atom stereocenters. The van der Waals surface area contributed by atoms with Crippen molar-refractivity contribution in [3.8, 4) is 11.1 Å². The summed E-state index contributed by atoms with van der Waals surface area (Å²) in [6, 6.07) is 12.9. The van der Waals surface area contributed by atoms with Gasteiger partial charge in [-0.1, -0.05) is 24.3 Å². The molecule has 0 spiro atoms. The van der Waals surface area contributed by atoms with Gasteiger partial charge in [-0.05, 0) is 17.2 Å². The zero-order valence-electron chi connectivity index (χ0n) is 7.77. The normalized spacial score (nSPS) is 10.1. The quantitative estimate of drug-likeness (QED) is 0.773. The largest absolute Gasteiger partial charge is 0.326 e. The highest BCUT2D eigenvalue weighted by Gasteiger charge is 2.01. The molecule has 2 heteroatoms. The Balaban J connectivity index is 2.51. The molecule has 2 rings (SSSR count). The summed E-state index contributed by atoms with van der Waals surface area (Å²) in [5.41, 5.74) is 8.99. The monoisotopic (exact) mass is 183 g/mol. The molecule has 0 aliphatic heterocycles. The first-order valence-corrected chi connectivity index (χ1v) is 4.51. The fraction of sp³-hybridized carbons (Fsp3) is 0.0833. The molecular formula is C12H11N2. The van der Waals surface area contributed by atoms with Crippen LogP contribution in [0.2, 0.25) is 0 Å². The van der Waals surface area contributed by atoms with Crippen molar-refractivity contribution in [3.05, 3.63) is 54.4 Å². The standard InChI is InChI=1S/C12H11N2/c13-8-10-4-1-2-6-12(10)11-5-3-7-14-9-11/h1-2,4-7,9H,8,13H2. The van der Waals surface area contributed by atoms with Gasteiger partial charge >= 0.3 is 0 Å². The number of benzene rings is 1. The smallest absolute Gasteiger partial charge is 0.0347 e. The summed E-state index contributed by atoms with van der Waals surface area (Å²) in [5.74, 6) is 0. The molecule has 2 N–H and O–H groups in total. The second-order valence-electron chi connectivity index (χ2n) is 3.03. The lowest BCUT2D eigenvalue weighted by Crippen LogP contribution is -1.98. The maximum Gasteiger partial charge on any atom is 0.0347 e. The van der Waals surface area contributed by atoms with E-state index >= 15 is 0 Å². The number of nitrogens with two attached hydrogens (primary N) is 1. The van der Waals surface area contributed by atoms with Crippen LogP contribution in [0.15, 0.2) is 42.7 Å². The lowest BCUT2D eigenvalue weighted by atomic mass is 10.0. The number of hydrogen-bond donors (Lipinski definition) is 1. The predicted octanol–water partition coefficient (Wildman–Crippen LogP) is 2.01. The van der Waals surface area contributed by atoms with Crippen molar-refractivity contribution in [1.29, 1.82) is 0 Å². The van der Waals surface area contributed by atoms with Crippen LogP contribution in [0.4, 0.5) is 0 Å². The second-order valence-corrected chi connectivity index (χ2v) is 3.03. The van der Waals surface area contributed by atoms with Crippen LogP contribution in [0.5, 0.6) is 0 Å². The summed E-state index contributed by atoms with van der Waals surface area (Å²) < 4.78 is 0. The molecule has 0 bridgehead atoms. The van der Waals surface area contributed by atoms with Gasteiger partial charge in [-0.15, -0.1) is 0 Å². The molecule has 1 radical (unpaired) electrons. The van der Waals surface area contributed by atoms with Crippen LogP contribution in [0, 0.1) is 6.07 Å². The van der Waals surface area contributed by atoms with Crippen molar-refractivity contribution in [2.45, 2.75) is 6.54 Å². The summed E-state index contributed by atoms with van der Waals surface area (Å²) >= 11 is 0. The minimum Gasteiger partial charge on any atom is -0.326 e. The van der Waals surface area contributed by atoms with Gasteiger partial charge in [0.2, 0.25) is 0 Å². The van der Waals surface area contributed by atoms with Crippen molar-refractivity contribution in [1.82, 2.24) is 4.98 Å². The van der Waals surface area contributed by atoms with Crippen LogP contribution >= 0.6 is 0 Å². The number of nitrogens with zero attached hydrogens (tertiary/aromatic N) is 1. The fourth-order valence-electron chi connectivity index (χ4n) is 1.45. The molecule has 1 aromatic carbocycles. The first kappa shape index (κ1) is 8.91. The van der Waals surface area contributed by atoms with Gasteiger partial charge in [0.05, 0.1) is 0 Å². The number of aromatic nitrogens is 1. The third-order valence-electron chi connectivity index (χ3n) is 2.15. The molecule has 2 nitrogen and oxygen atoms in total. The Morgan fingerprint density at radius 1 is 1.29 bits per heavy atom. The van der Waals surface area contributed by atoms with Crippen molar-refractivity contribution >= 4 is 0 Å². The van der Waals surface area contributed by atoms with Crippen LogP contribution in [-0.4, -0.2) is 4.98 Å². The van der Waals surface area contributed by atoms with Crippen LogP contribution < -0.4 is 5.73 Å². The molecule has 2 aromatic rings. The summed E-state index contributed by atoms with van der Waals surface area (Å²) in [7, 11) is 0. The summed E-state index contributed by atoms with van der Waals surface area (Å²) in [6.45, 7) is 0.547. The molecule has 14 heavy (non-hydrogen) atoms. The first-order valence-electron chi connectivity index (χ1n) is 4.51. The lowest BCUT2D eigenvalue weighted by molar-refractivity contribution is 1.07. The minimum atomic E-state index is 0.547. The van der Waals surface area contributed by atoms with Gasteiger partial charge in [0.15, 0.2) is 0 Å². The van der Waals surface area contributed by atoms with Crippen molar-refractivity contribution < 1.29 is 0 Å². The third-order valence-corrected chi connectivity index (χ3v) is 2.15. The summed E-state index contributed by atoms with van der Waals surface area (Å²) in [6.07, 6.45) is 3.47. The number of hydrogen-bond acceptors (Lipinski definition) is 2. The van der Waals surface area contributed by atoms with E-state index in [4.69, 9.17) is 5.73 Å². The van der Waals surface area contributed by atoms with E-state index in [1.165, 1.54) is 0 Å². The maximum absolute atomic E-state index is 5.66. The highest BCUT2D eigenvalue weighted by atomic mass is 14.6. The van der Waals surface area contributed by atoms with E-state index in [0.29, 0.717) is 6.54 Å². The SMILES string of the molecule is NCc1ccccc1-c1c[c]cnc1. The summed E-state index contributed by atoms with van der Waals surface area (Å²) in [4.78, 5) is 4.04. The first-order chi connectivity index (χ1) is 6.92. The topological polar surface area (TPSA) is 38.9 Å². The molecule has 0 saturated carbocycles. The Hall–Kier alpha value is -1.67. The molecule has 1 heterocycles. The average Bonchev–Trinajstić information content (AvgIpc) is 2.30. The van der Waals surface area contributed by atoms with Gasteiger partial charge in [-0.2, -0.15) is 0 Å². The molecular weight excluding hydrogens is 172 g/mol. The molecule has 69 valence electrons. The Morgan fingerprint density at radius 3 is 2.86 bits per heavy atom. The molecule has 0 fully saturated rings. The zero-order valence-corrected chi connectivity index (χ0v) is 7.77. The Bertz CT molecular complexity index is 410.